The van der Waals surface area contributed by atoms with Crippen LogP contribution in [0.15, 0.2) is 0 Å². The number of urea groups is 3. The average Bonchev–Trinajstić information content (AvgIpc) is 2.54. The molecule has 6 amide bonds. The van der Waals surface area contributed by atoms with Crippen LogP contribution in [0.5, 0.6) is 0 Å². The molecule has 12 heteroatoms. The maximum atomic E-state index is 11.9. The number of aromatic nitrogens is 3. The standard InChI is InChI=1S/C11H19N9O3/c1-12-9(21)17-6-15-7(19(4)5)18-8(16-6)20(10(22)13-2)11(23)14-3/h1-5H3,(H,13,22)(H,14,23)(H2,12,15,16,17,18,21). The first-order valence-electron chi connectivity index (χ1n) is 6.49. The van der Waals surface area contributed by atoms with Crippen LogP contribution in [0.4, 0.5) is 32.2 Å². The average molecular weight is 325 g/mol. The largest absolute Gasteiger partial charge is 0.347 e. The van der Waals surface area contributed by atoms with Crippen LogP contribution >= 0.6 is 0 Å². The summed E-state index contributed by atoms with van der Waals surface area (Å²) in [5, 5.41) is 9.33. The molecule has 1 aromatic rings. The second kappa shape index (κ2) is 7.72. The maximum absolute atomic E-state index is 11.9. The van der Waals surface area contributed by atoms with Crippen LogP contribution in [0, 0.1) is 0 Å². The monoisotopic (exact) mass is 325 g/mol. The number of anilines is 3. The van der Waals surface area contributed by atoms with E-state index < -0.39 is 18.1 Å². The number of imide groups is 1. The molecule has 0 saturated heterocycles. The third-order valence-electron chi connectivity index (χ3n) is 2.50. The number of rotatable bonds is 3. The Morgan fingerprint density at radius 1 is 0.826 bits per heavy atom. The Morgan fingerprint density at radius 3 is 1.78 bits per heavy atom. The number of carbonyl (C=O) groups excluding carboxylic acids is 3. The van der Waals surface area contributed by atoms with Gasteiger partial charge in [0.25, 0.3) is 0 Å². The molecule has 23 heavy (non-hydrogen) atoms. The second-order valence-corrected chi connectivity index (χ2v) is 4.30. The van der Waals surface area contributed by atoms with Crippen LogP contribution in [0.2, 0.25) is 0 Å². The molecular formula is C11H19N9O3. The van der Waals surface area contributed by atoms with E-state index in [1.165, 1.54) is 26.0 Å². The highest BCUT2D eigenvalue weighted by Gasteiger charge is 2.26. The molecule has 0 aliphatic carbocycles. The Bertz CT molecular complexity index is 588. The van der Waals surface area contributed by atoms with E-state index in [4.69, 9.17) is 0 Å². The lowest BCUT2D eigenvalue weighted by Crippen LogP contribution is -2.48. The van der Waals surface area contributed by atoms with Gasteiger partial charge in [0.2, 0.25) is 17.8 Å². The minimum absolute atomic E-state index is 0.115. The van der Waals surface area contributed by atoms with Crippen LogP contribution < -0.4 is 31.1 Å². The van der Waals surface area contributed by atoms with Crippen molar-refractivity contribution in [3.8, 4) is 0 Å². The fourth-order valence-corrected chi connectivity index (χ4v) is 1.37. The number of nitrogens with zero attached hydrogens (tertiary/aromatic N) is 5. The molecule has 0 saturated carbocycles. The number of carbonyl (C=O) groups is 3. The number of hydrogen-bond donors (Lipinski definition) is 4. The lowest BCUT2D eigenvalue weighted by molar-refractivity contribution is 0.236. The van der Waals surface area contributed by atoms with E-state index in [0.29, 0.717) is 4.90 Å². The third kappa shape index (κ3) is 4.39. The van der Waals surface area contributed by atoms with E-state index >= 15 is 0 Å². The van der Waals surface area contributed by atoms with Crippen molar-refractivity contribution in [2.45, 2.75) is 0 Å². The number of hydrogen-bond acceptors (Lipinski definition) is 7. The molecule has 1 heterocycles. The van der Waals surface area contributed by atoms with Crippen LogP contribution in [0.25, 0.3) is 0 Å². The highest BCUT2D eigenvalue weighted by molar-refractivity contribution is 6.12. The Balaban J connectivity index is 3.38. The number of amides is 6. The van der Waals surface area contributed by atoms with Gasteiger partial charge in [-0.1, -0.05) is 0 Å². The van der Waals surface area contributed by atoms with E-state index in [-0.39, 0.29) is 17.8 Å². The van der Waals surface area contributed by atoms with Gasteiger partial charge >= 0.3 is 18.1 Å². The third-order valence-corrected chi connectivity index (χ3v) is 2.50. The van der Waals surface area contributed by atoms with Crippen molar-refractivity contribution >= 4 is 35.9 Å². The van der Waals surface area contributed by atoms with E-state index in [9.17, 15) is 14.4 Å². The molecule has 0 unspecified atom stereocenters. The molecule has 0 aromatic carbocycles. The van der Waals surface area contributed by atoms with Crippen LogP contribution in [0.1, 0.15) is 0 Å². The van der Waals surface area contributed by atoms with Gasteiger partial charge in [0, 0.05) is 35.2 Å². The molecular weight excluding hydrogens is 306 g/mol. The SMILES string of the molecule is CNC(=O)Nc1nc(N(C)C)nc(N(C(=O)NC)C(=O)NC)n1. The van der Waals surface area contributed by atoms with E-state index in [1.807, 2.05) is 0 Å². The summed E-state index contributed by atoms with van der Waals surface area (Å²) >= 11 is 0. The highest BCUT2D eigenvalue weighted by atomic mass is 16.2. The summed E-state index contributed by atoms with van der Waals surface area (Å²) in [4.78, 5) is 49.5. The van der Waals surface area contributed by atoms with Gasteiger partial charge in [-0.15, -0.1) is 0 Å². The molecule has 0 aliphatic heterocycles. The van der Waals surface area contributed by atoms with E-state index in [2.05, 4.69) is 36.2 Å². The summed E-state index contributed by atoms with van der Waals surface area (Å²) in [5.74, 6) is -0.205. The van der Waals surface area contributed by atoms with E-state index in [0.717, 1.165) is 0 Å². The fourth-order valence-electron chi connectivity index (χ4n) is 1.37. The van der Waals surface area contributed by atoms with Gasteiger partial charge in [-0.3, -0.25) is 5.32 Å². The summed E-state index contributed by atoms with van der Waals surface area (Å²) < 4.78 is 0. The maximum Gasteiger partial charge on any atom is 0.332 e. The lowest BCUT2D eigenvalue weighted by Gasteiger charge is -2.20. The smallest absolute Gasteiger partial charge is 0.332 e. The first kappa shape index (κ1) is 17.9. The van der Waals surface area contributed by atoms with Crippen molar-refractivity contribution in [2.75, 3.05) is 50.4 Å². The minimum atomic E-state index is -0.744. The normalized spacial score (nSPS) is 9.61. The molecule has 0 bridgehead atoms. The van der Waals surface area contributed by atoms with Crippen LogP contribution in [-0.4, -0.2) is 68.3 Å². The van der Waals surface area contributed by atoms with Crippen molar-refractivity contribution in [3.63, 3.8) is 0 Å². The van der Waals surface area contributed by atoms with Gasteiger partial charge in [0.1, 0.15) is 0 Å². The fraction of sp³-hybridized carbons (Fsp3) is 0.455. The van der Waals surface area contributed by atoms with Crippen molar-refractivity contribution in [3.05, 3.63) is 0 Å². The van der Waals surface area contributed by atoms with Gasteiger partial charge in [-0.05, 0) is 0 Å². The molecule has 0 atom stereocenters. The molecule has 0 spiro atoms. The van der Waals surface area contributed by atoms with E-state index in [1.54, 1.807) is 14.1 Å². The Morgan fingerprint density at radius 2 is 1.35 bits per heavy atom. The number of nitrogens with one attached hydrogen (secondary N) is 4. The molecule has 1 rings (SSSR count). The molecule has 0 aliphatic rings. The molecule has 4 N–H and O–H groups in total. The highest BCUT2D eigenvalue weighted by Crippen LogP contribution is 2.15. The molecule has 1 aromatic heterocycles. The lowest BCUT2D eigenvalue weighted by atomic mass is 10.6. The van der Waals surface area contributed by atoms with Gasteiger partial charge in [-0.25, -0.2) is 14.4 Å². The summed E-state index contributed by atoms with van der Waals surface area (Å²) in [7, 11) is 7.46. The Kier molecular flexibility index (Phi) is 6.00. The van der Waals surface area contributed by atoms with Crippen molar-refractivity contribution in [1.82, 2.24) is 30.9 Å². The predicted molar refractivity (Wildman–Crippen MR) is 83.6 cm³/mol. The van der Waals surface area contributed by atoms with Crippen molar-refractivity contribution in [1.29, 1.82) is 0 Å². The van der Waals surface area contributed by atoms with Crippen LogP contribution in [-0.2, 0) is 0 Å². The van der Waals surface area contributed by atoms with Gasteiger partial charge in [0.05, 0.1) is 0 Å². The topological polar surface area (TPSA) is 144 Å². The Hall–Kier alpha value is -3.18. The first-order chi connectivity index (χ1) is 10.8. The van der Waals surface area contributed by atoms with Gasteiger partial charge in [-0.2, -0.15) is 19.9 Å². The minimum Gasteiger partial charge on any atom is -0.347 e. The predicted octanol–water partition coefficient (Wildman–Crippen LogP) is -0.826. The molecule has 0 fully saturated rings. The second-order valence-electron chi connectivity index (χ2n) is 4.30. The van der Waals surface area contributed by atoms with Crippen molar-refractivity contribution in [2.24, 2.45) is 0 Å². The quantitative estimate of drug-likeness (QED) is 0.568. The zero-order chi connectivity index (χ0) is 17.6. The summed E-state index contributed by atoms with van der Waals surface area (Å²) in [5.41, 5.74) is 0. The zero-order valence-corrected chi connectivity index (χ0v) is 13.5. The van der Waals surface area contributed by atoms with Crippen LogP contribution in [0.3, 0.4) is 0 Å². The first-order valence-corrected chi connectivity index (χ1v) is 6.49. The Labute approximate surface area is 132 Å². The van der Waals surface area contributed by atoms with Crippen molar-refractivity contribution < 1.29 is 14.4 Å². The molecule has 0 radical (unpaired) electrons. The molecule has 12 nitrogen and oxygen atoms in total. The zero-order valence-electron chi connectivity index (χ0n) is 13.5. The summed E-state index contributed by atoms with van der Waals surface area (Å²) in [6.07, 6.45) is 0. The summed E-state index contributed by atoms with van der Waals surface area (Å²) in [6.45, 7) is 0. The molecule has 126 valence electrons. The van der Waals surface area contributed by atoms with Gasteiger partial charge in [0.15, 0.2) is 0 Å². The summed E-state index contributed by atoms with van der Waals surface area (Å²) in [6, 6.07) is -2.05. The van der Waals surface area contributed by atoms with Gasteiger partial charge < -0.3 is 20.9 Å².